The van der Waals surface area contributed by atoms with E-state index in [1.165, 1.54) is 18.4 Å². The van der Waals surface area contributed by atoms with Crippen molar-refractivity contribution in [2.45, 2.75) is 39.2 Å². The number of aryl methyl sites for hydroxylation is 1. The number of anilines is 1. The van der Waals surface area contributed by atoms with E-state index in [9.17, 15) is 4.79 Å². The molecule has 1 fully saturated rings. The molecule has 116 valence electrons. The molecular weight excluding hydrogens is 262 g/mol. The van der Waals surface area contributed by atoms with E-state index in [0.29, 0.717) is 12.6 Å². The van der Waals surface area contributed by atoms with Gasteiger partial charge in [0.05, 0.1) is 6.54 Å². The quantitative estimate of drug-likeness (QED) is 0.845. The maximum atomic E-state index is 12.1. The van der Waals surface area contributed by atoms with Crippen LogP contribution in [0, 0.1) is 6.92 Å². The molecule has 1 aliphatic rings. The van der Waals surface area contributed by atoms with Gasteiger partial charge in [-0.05, 0) is 51.4 Å². The summed E-state index contributed by atoms with van der Waals surface area (Å²) in [6.07, 6.45) is 3.54. The molecule has 1 aromatic carbocycles. The number of piperidine rings is 1. The first-order valence-electron chi connectivity index (χ1n) is 7.99. The fraction of sp³-hybridized carbons (Fsp3) is 0.588. The molecule has 0 spiro atoms. The van der Waals surface area contributed by atoms with Gasteiger partial charge in [-0.1, -0.05) is 24.6 Å². The number of rotatable bonds is 6. The lowest BCUT2D eigenvalue weighted by Crippen LogP contribution is -2.48. The number of carbonyl (C=O) groups is 1. The SMILES string of the molecule is CCCNC1CCCN(CC(=O)Nc2ccc(C)cc2)C1. The summed E-state index contributed by atoms with van der Waals surface area (Å²) in [5.74, 6) is 0.0787. The molecule has 1 amide bonds. The minimum absolute atomic E-state index is 0.0787. The molecule has 1 unspecified atom stereocenters. The summed E-state index contributed by atoms with van der Waals surface area (Å²) in [6, 6.07) is 8.47. The minimum Gasteiger partial charge on any atom is -0.325 e. The molecule has 21 heavy (non-hydrogen) atoms. The van der Waals surface area contributed by atoms with Gasteiger partial charge in [-0.2, -0.15) is 0 Å². The fourth-order valence-corrected chi connectivity index (χ4v) is 2.75. The van der Waals surface area contributed by atoms with Crippen molar-refractivity contribution in [3.05, 3.63) is 29.8 Å². The largest absolute Gasteiger partial charge is 0.325 e. The third-order valence-electron chi connectivity index (χ3n) is 3.89. The first-order chi connectivity index (χ1) is 10.2. The zero-order valence-corrected chi connectivity index (χ0v) is 13.2. The molecule has 2 rings (SSSR count). The van der Waals surface area contributed by atoms with Crippen LogP contribution in [0.2, 0.25) is 0 Å². The number of likely N-dealkylation sites (tertiary alicyclic amines) is 1. The zero-order valence-electron chi connectivity index (χ0n) is 13.2. The van der Waals surface area contributed by atoms with Gasteiger partial charge in [0.1, 0.15) is 0 Å². The van der Waals surface area contributed by atoms with Crippen LogP contribution < -0.4 is 10.6 Å². The van der Waals surface area contributed by atoms with Gasteiger partial charge < -0.3 is 10.6 Å². The number of nitrogens with one attached hydrogen (secondary N) is 2. The van der Waals surface area contributed by atoms with Crippen LogP contribution in [0.1, 0.15) is 31.7 Å². The lowest BCUT2D eigenvalue weighted by atomic mass is 10.1. The normalized spacial score (nSPS) is 19.4. The van der Waals surface area contributed by atoms with E-state index < -0.39 is 0 Å². The molecule has 4 heteroatoms. The number of hydrogen-bond donors (Lipinski definition) is 2. The minimum atomic E-state index is 0.0787. The Labute approximate surface area is 127 Å². The molecule has 1 aromatic rings. The standard InChI is InChI=1S/C17H27N3O/c1-3-10-18-16-5-4-11-20(12-16)13-17(21)19-15-8-6-14(2)7-9-15/h6-9,16,18H,3-5,10-13H2,1-2H3,(H,19,21). The monoisotopic (exact) mass is 289 g/mol. The summed E-state index contributed by atoms with van der Waals surface area (Å²) in [7, 11) is 0. The molecule has 1 saturated heterocycles. The van der Waals surface area contributed by atoms with E-state index in [2.05, 4.69) is 22.5 Å². The Morgan fingerprint density at radius 1 is 1.33 bits per heavy atom. The summed E-state index contributed by atoms with van der Waals surface area (Å²) < 4.78 is 0. The number of benzene rings is 1. The maximum absolute atomic E-state index is 12.1. The summed E-state index contributed by atoms with van der Waals surface area (Å²) in [6.45, 7) is 7.77. The smallest absolute Gasteiger partial charge is 0.238 e. The van der Waals surface area contributed by atoms with Crippen LogP contribution in [-0.4, -0.2) is 43.0 Å². The van der Waals surface area contributed by atoms with Crippen LogP contribution in [0.3, 0.4) is 0 Å². The van der Waals surface area contributed by atoms with Gasteiger partial charge in [0.2, 0.25) is 5.91 Å². The Kier molecular flexibility index (Phi) is 6.21. The van der Waals surface area contributed by atoms with Gasteiger partial charge in [0, 0.05) is 18.3 Å². The van der Waals surface area contributed by atoms with E-state index in [0.717, 1.165) is 31.7 Å². The molecule has 4 nitrogen and oxygen atoms in total. The predicted molar refractivity (Wildman–Crippen MR) is 87.6 cm³/mol. The van der Waals surface area contributed by atoms with Gasteiger partial charge in [-0.3, -0.25) is 9.69 Å². The van der Waals surface area contributed by atoms with Gasteiger partial charge in [-0.15, -0.1) is 0 Å². The van der Waals surface area contributed by atoms with E-state index in [1.54, 1.807) is 0 Å². The van der Waals surface area contributed by atoms with E-state index in [4.69, 9.17) is 0 Å². The van der Waals surface area contributed by atoms with Crippen molar-refractivity contribution in [1.82, 2.24) is 10.2 Å². The van der Waals surface area contributed by atoms with Crippen LogP contribution >= 0.6 is 0 Å². The van der Waals surface area contributed by atoms with Crippen molar-refractivity contribution in [2.75, 3.05) is 31.5 Å². The molecule has 2 N–H and O–H groups in total. The van der Waals surface area contributed by atoms with Crippen LogP contribution in [0.15, 0.2) is 24.3 Å². The highest BCUT2D eigenvalue weighted by molar-refractivity contribution is 5.92. The van der Waals surface area contributed by atoms with Crippen molar-refractivity contribution in [1.29, 1.82) is 0 Å². The molecule has 1 aliphatic heterocycles. The van der Waals surface area contributed by atoms with Gasteiger partial charge >= 0.3 is 0 Å². The highest BCUT2D eigenvalue weighted by atomic mass is 16.2. The van der Waals surface area contributed by atoms with E-state index in [-0.39, 0.29) is 5.91 Å². The van der Waals surface area contributed by atoms with Crippen molar-refractivity contribution in [2.24, 2.45) is 0 Å². The molecule has 1 heterocycles. The summed E-state index contributed by atoms with van der Waals surface area (Å²) >= 11 is 0. The van der Waals surface area contributed by atoms with Crippen LogP contribution in [0.5, 0.6) is 0 Å². The second-order valence-corrected chi connectivity index (χ2v) is 5.94. The predicted octanol–water partition coefficient (Wildman–Crippen LogP) is 2.40. The topological polar surface area (TPSA) is 44.4 Å². The molecule has 1 atom stereocenters. The maximum Gasteiger partial charge on any atom is 0.238 e. The second-order valence-electron chi connectivity index (χ2n) is 5.94. The van der Waals surface area contributed by atoms with Crippen LogP contribution in [0.4, 0.5) is 5.69 Å². The summed E-state index contributed by atoms with van der Waals surface area (Å²) in [5, 5.41) is 6.53. The lowest BCUT2D eigenvalue weighted by Gasteiger charge is -2.32. The first-order valence-corrected chi connectivity index (χ1v) is 7.99. The molecule has 0 aromatic heterocycles. The van der Waals surface area contributed by atoms with Crippen LogP contribution in [0.25, 0.3) is 0 Å². The molecule has 0 bridgehead atoms. The number of amides is 1. The Balaban J connectivity index is 1.77. The summed E-state index contributed by atoms with van der Waals surface area (Å²) in [4.78, 5) is 14.4. The number of nitrogens with zero attached hydrogens (tertiary/aromatic N) is 1. The van der Waals surface area contributed by atoms with Crippen molar-refractivity contribution in [3.8, 4) is 0 Å². The van der Waals surface area contributed by atoms with Crippen molar-refractivity contribution < 1.29 is 4.79 Å². The van der Waals surface area contributed by atoms with Crippen LogP contribution in [-0.2, 0) is 4.79 Å². The summed E-state index contributed by atoms with van der Waals surface area (Å²) in [5.41, 5.74) is 2.08. The Bertz CT molecular complexity index is 444. The highest BCUT2D eigenvalue weighted by Gasteiger charge is 2.20. The molecular formula is C17H27N3O. The van der Waals surface area contributed by atoms with Crippen molar-refractivity contribution in [3.63, 3.8) is 0 Å². The van der Waals surface area contributed by atoms with Gasteiger partial charge in [0.15, 0.2) is 0 Å². The third-order valence-corrected chi connectivity index (χ3v) is 3.89. The average Bonchev–Trinajstić information content (AvgIpc) is 2.48. The fourth-order valence-electron chi connectivity index (χ4n) is 2.75. The second kappa shape index (κ2) is 8.15. The van der Waals surface area contributed by atoms with Crippen molar-refractivity contribution >= 4 is 11.6 Å². The average molecular weight is 289 g/mol. The molecule has 0 radical (unpaired) electrons. The first kappa shape index (κ1) is 16.0. The van der Waals surface area contributed by atoms with Gasteiger partial charge in [0.25, 0.3) is 0 Å². The molecule has 0 saturated carbocycles. The Morgan fingerprint density at radius 3 is 2.81 bits per heavy atom. The zero-order chi connectivity index (χ0) is 15.1. The highest BCUT2D eigenvalue weighted by Crippen LogP contribution is 2.11. The molecule has 0 aliphatic carbocycles. The number of carbonyl (C=O) groups excluding carboxylic acids is 1. The number of hydrogen-bond acceptors (Lipinski definition) is 3. The van der Waals surface area contributed by atoms with E-state index in [1.807, 2.05) is 31.2 Å². The third kappa shape index (κ3) is 5.48. The van der Waals surface area contributed by atoms with E-state index >= 15 is 0 Å². The van der Waals surface area contributed by atoms with Gasteiger partial charge in [-0.25, -0.2) is 0 Å². The lowest BCUT2D eigenvalue weighted by molar-refractivity contribution is -0.117. The Morgan fingerprint density at radius 2 is 2.10 bits per heavy atom. The Hall–Kier alpha value is -1.39.